The Labute approximate surface area is 138 Å². The molecule has 0 aliphatic heterocycles. The van der Waals surface area contributed by atoms with Crippen LogP contribution in [-0.4, -0.2) is 30.6 Å². The third-order valence-corrected chi connectivity index (χ3v) is 3.48. The topological polar surface area (TPSA) is 72.8 Å². The minimum atomic E-state index is -0.768. The summed E-state index contributed by atoms with van der Waals surface area (Å²) in [5, 5.41) is 10.0. The molecule has 1 N–H and O–H groups in total. The summed E-state index contributed by atoms with van der Waals surface area (Å²) in [4.78, 5) is 23.9. The fourth-order valence-corrected chi connectivity index (χ4v) is 2.20. The van der Waals surface area contributed by atoms with E-state index >= 15 is 0 Å². The molecule has 0 atom stereocenters. The second-order valence-electron chi connectivity index (χ2n) is 4.87. The summed E-state index contributed by atoms with van der Waals surface area (Å²) in [6.45, 7) is 1.33. The van der Waals surface area contributed by atoms with E-state index in [4.69, 9.17) is 21.1 Å². The molecular weight excluding hydrogens is 320 g/mol. The quantitative estimate of drug-likeness (QED) is 0.670. The standard InChI is InChI=1S/C17H15ClO5/c1-10-3-5-12(14(19)7-10)17(21)23-9-15(20)11-4-6-16(22-2)13(18)8-11/h3-8,19H,9H2,1-2H3. The molecular formula is C17H15ClO5. The van der Waals surface area contributed by atoms with Gasteiger partial charge in [0.2, 0.25) is 0 Å². The molecule has 2 aromatic carbocycles. The third kappa shape index (κ3) is 4.02. The fourth-order valence-electron chi connectivity index (χ4n) is 1.95. The van der Waals surface area contributed by atoms with Crippen LogP contribution in [0.25, 0.3) is 0 Å². The highest BCUT2D eigenvalue weighted by Crippen LogP contribution is 2.25. The lowest BCUT2D eigenvalue weighted by molar-refractivity contribution is 0.0472. The molecule has 0 aliphatic rings. The number of ether oxygens (including phenoxy) is 2. The van der Waals surface area contributed by atoms with Crippen LogP contribution in [0.3, 0.4) is 0 Å². The zero-order valence-corrected chi connectivity index (χ0v) is 13.4. The summed E-state index contributed by atoms with van der Waals surface area (Å²) in [7, 11) is 1.47. The summed E-state index contributed by atoms with van der Waals surface area (Å²) in [6, 6.07) is 9.10. The van der Waals surface area contributed by atoms with Gasteiger partial charge in [-0.3, -0.25) is 4.79 Å². The van der Waals surface area contributed by atoms with E-state index < -0.39 is 18.4 Å². The number of carbonyl (C=O) groups excluding carboxylic acids is 2. The average Bonchev–Trinajstić information content (AvgIpc) is 2.52. The van der Waals surface area contributed by atoms with Gasteiger partial charge in [-0.05, 0) is 42.8 Å². The lowest BCUT2D eigenvalue weighted by Gasteiger charge is -2.08. The van der Waals surface area contributed by atoms with Crippen molar-refractivity contribution in [3.63, 3.8) is 0 Å². The van der Waals surface area contributed by atoms with Crippen LogP contribution in [0.4, 0.5) is 0 Å². The molecule has 0 amide bonds. The average molecular weight is 335 g/mol. The Hall–Kier alpha value is -2.53. The van der Waals surface area contributed by atoms with Crippen molar-refractivity contribution in [2.75, 3.05) is 13.7 Å². The molecule has 0 saturated heterocycles. The number of phenolic OH excluding ortho intramolecular Hbond substituents is 1. The Morgan fingerprint density at radius 3 is 2.52 bits per heavy atom. The molecule has 2 aromatic rings. The van der Waals surface area contributed by atoms with E-state index in [1.165, 1.54) is 31.4 Å². The maximum atomic E-state index is 12.0. The Kier molecular flexibility index (Phi) is 5.24. The number of hydrogen-bond donors (Lipinski definition) is 1. The number of carbonyl (C=O) groups is 2. The van der Waals surface area contributed by atoms with Gasteiger partial charge in [-0.1, -0.05) is 17.7 Å². The Morgan fingerprint density at radius 2 is 1.91 bits per heavy atom. The summed E-state index contributed by atoms with van der Waals surface area (Å²) >= 11 is 5.95. The van der Waals surface area contributed by atoms with Gasteiger partial charge in [-0.25, -0.2) is 4.79 Å². The lowest BCUT2D eigenvalue weighted by Crippen LogP contribution is -2.14. The molecule has 0 aromatic heterocycles. The smallest absolute Gasteiger partial charge is 0.342 e. The summed E-state index contributed by atoms with van der Waals surface area (Å²) < 4.78 is 9.94. The number of benzene rings is 2. The maximum Gasteiger partial charge on any atom is 0.342 e. The van der Waals surface area contributed by atoms with Gasteiger partial charge in [0.15, 0.2) is 12.4 Å². The molecule has 0 aliphatic carbocycles. The van der Waals surface area contributed by atoms with Crippen LogP contribution in [0.5, 0.6) is 11.5 Å². The van der Waals surface area contributed by atoms with Crippen LogP contribution in [-0.2, 0) is 4.74 Å². The number of esters is 1. The lowest BCUT2D eigenvalue weighted by atomic mass is 10.1. The minimum absolute atomic E-state index is 0.0103. The van der Waals surface area contributed by atoms with Crippen LogP contribution < -0.4 is 4.74 Å². The van der Waals surface area contributed by atoms with Crippen molar-refractivity contribution in [3.05, 3.63) is 58.1 Å². The van der Waals surface area contributed by atoms with E-state index in [-0.39, 0.29) is 11.3 Å². The highest BCUT2D eigenvalue weighted by atomic mass is 35.5. The third-order valence-electron chi connectivity index (χ3n) is 3.18. The Balaban J connectivity index is 2.04. The summed E-state index contributed by atoms with van der Waals surface area (Å²) in [6.07, 6.45) is 0. The van der Waals surface area contributed by atoms with Gasteiger partial charge in [0.05, 0.1) is 12.1 Å². The maximum absolute atomic E-state index is 12.0. The molecule has 0 fully saturated rings. The van der Waals surface area contributed by atoms with Gasteiger partial charge in [-0.15, -0.1) is 0 Å². The van der Waals surface area contributed by atoms with Crippen LogP contribution in [0, 0.1) is 6.92 Å². The van der Waals surface area contributed by atoms with Gasteiger partial charge in [0, 0.05) is 5.56 Å². The number of aromatic hydroxyl groups is 1. The number of rotatable bonds is 5. The second kappa shape index (κ2) is 7.15. The molecule has 0 unspecified atom stereocenters. The van der Waals surface area contributed by atoms with Gasteiger partial charge in [0.25, 0.3) is 0 Å². The van der Waals surface area contributed by atoms with E-state index in [1.807, 2.05) is 0 Å². The van der Waals surface area contributed by atoms with E-state index in [2.05, 4.69) is 0 Å². The molecule has 0 spiro atoms. The van der Waals surface area contributed by atoms with Crippen LogP contribution in [0.15, 0.2) is 36.4 Å². The zero-order valence-electron chi connectivity index (χ0n) is 12.6. The molecule has 120 valence electrons. The van der Waals surface area contributed by atoms with Gasteiger partial charge < -0.3 is 14.6 Å². The first-order valence-electron chi connectivity index (χ1n) is 6.76. The number of hydrogen-bond acceptors (Lipinski definition) is 5. The number of ketones is 1. The van der Waals surface area contributed by atoms with Gasteiger partial charge in [-0.2, -0.15) is 0 Å². The highest BCUT2D eigenvalue weighted by Gasteiger charge is 2.16. The van der Waals surface area contributed by atoms with Crippen LogP contribution in [0.1, 0.15) is 26.3 Å². The van der Waals surface area contributed by atoms with E-state index in [1.54, 1.807) is 19.1 Å². The summed E-state index contributed by atoms with van der Waals surface area (Å²) in [5.41, 5.74) is 1.12. The molecule has 2 rings (SSSR count). The van der Waals surface area contributed by atoms with Crippen molar-refractivity contribution in [1.82, 2.24) is 0 Å². The molecule has 0 heterocycles. The van der Waals surface area contributed by atoms with E-state index in [9.17, 15) is 14.7 Å². The number of Topliss-reactive ketones (excluding diaryl/α,β-unsaturated/α-hetero) is 1. The normalized spacial score (nSPS) is 10.2. The molecule has 5 nitrogen and oxygen atoms in total. The number of methoxy groups -OCH3 is 1. The van der Waals surface area contributed by atoms with Gasteiger partial charge >= 0.3 is 5.97 Å². The van der Waals surface area contributed by atoms with Crippen molar-refractivity contribution in [1.29, 1.82) is 0 Å². The predicted octanol–water partition coefficient (Wildman–Crippen LogP) is 3.40. The fraction of sp³-hybridized carbons (Fsp3) is 0.176. The summed E-state index contributed by atoms with van der Waals surface area (Å²) in [5.74, 6) is -0.912. The minimum Gasteiger partial charge on any atom is -0.507 e. The zero-order chi connectivity index (χ0) is 17.0. The predicted molar refractivity (Wildman–Crippen MR) is 85.5 cm³/mol. The first-order chi connectivity index (χ1) is 10.9. The van der Waals surface area contributed by atoms with E-state index in [0.29, 0.717) is 16.3 Å². The van der Waals surface area contributed by atoms with Crippen LogP contribution >= 0.6 is 11.6 Å². The molecule has 0 saturated carbocycles. The number of aryl methyl sites for hydroxylation is 1. The first kappa shape index (κ1) is 16.8. The van der Waals surface area contributed by atoms with E-state index in [0.717, 1.165) is 5.56 Å². The SMILES string of the molecule is COc1ccc(C(=O)COC(=O)c2ccc(C)cc2O)cc1Cl. The molecule has 0 radical (unpaired) electrons. The largest absolute Gasteiger partial charge is 0.507 e. The van der Waals surface area contributed by atoms with Crippen molar-refractivity contribution in [2.24, 2.45) is 0 Å². The van der Waals surface area contributed by atoms with Crippen molar-refractivity contribution in [2.45, 2.75) is 6.92 Å². The van der Waals surface area contributed by atoms with Gasteiger partial charge in [0.1, 0.15) is 17.1 Å². The highest BCUT2D eigenvalue weighted by molar-refractivity contribution is 6.32. The Bertz CT molecular complexity index is 755. The molecule has 0 bridgehead atoms. The number of phenols is 1. The van der Waals surface area contributed by atoms with Crippen molar-refractivity contribution >= 4 is 23.4 Å². The Morgan fingerprint density at radius 1 is 1.17 bits per heavy atom. The van der Waals surface area contributed by atoms with Crippen molar-refractivity contribution in [3.8, 4) is 11.5 Å². The first-order valence-corrected chi connectivity index (χ1v) is 7.13. The van der Waals surface area contributed by atoms with Crippen molar-refractivity contribution < 1.29 is 24.2 Å². The second-order valence-corrected chi connectivity index (χ2v) is 5.28. The molecule has 6 heteroatoms. The number of halogens is 1. The molecule has 23 heavy (non-hydrogen) atoms. The monoisotopic (exact) mass is 334 g/mol. The van der Waals surface area contributed by atoms with Crippen LogP contribution in [0.2, 0.25) is 5.02 Å².